The first-order valence-corrected chi connectivity index (χ1v) is 8.63. The van der Waals surface area contributed by atoms with E-state index in [4.69, 9.17) is 9.40 Å². The molecule has 0 saturated carbocycles. The lowest BCUT2D eigenvalue weighted by Crippen LogP contribution is -2.23. The van der Waals surface area contributed by atoms with Crippen LogP contribution in [0.15, 0.2) is 34.9 Å². The number of anilines is 1. The summed E-state index contributed by atoms with van der Waals surface area (Å²) in [6.07, 6.45) is 5.26. The second kappa shape index (κ2) is 6.65. The van der Waals surface area contributed by atoms with E-state index in [0.717, 1.165) is 54.6 Å². The molecule has 1 atom stereocenters. The van der Waals surface area contributed by atoms with Gasteiger partial charge in [0.05, 0.1) is 6.54 Å². The minimum Gasteiger partial charge on any atom is -0.464 e. The number of nitrogens with one attached hydrogen (secondary N) is 2. The molecule has 4 heterocycles. The Morgan fingerprint density at radius 1 is 1.29 bits per heavy atom. The fourth-order valence-corrected chi connectivity index (χ4v) is 3.29. The third-order valence-electron chi connectivity index (χ3n) is 4.52. The number of aryl methyl sites for hydroxylation is 1. The Kier molecular flexibility index (Phi) is 4.21. The maximum atomic E-state index is 5.76. The molecule has 2 N–H and O–H groups in total. The monoisotopic (exact) mass is 325 g/mol. The number of imidazole rings is 1. The fourth-order valence-electron chi connectivity index (χ4n) is 3.29. The van der Waals surface area contributed by atoms with Gasteiger partial charge in [-0.15, -0.1) is 0 Å². The molecule has 1 fully saturated rings. The van der Waals surface area contributed by atoms with Gasteiger partial charge in [-0.25, -0.2) is 9.97 Å². The molecule has 3 aromatic heterocycles. The maximum absolute atomic E-state index is 5.76. The molecule has 6 nitrogen and oxygen atoms in total. The van der Waals surface area contributed by atoms with E-state index in [1.807, 2.05) is 37.4 Å². The molecule has 0 amide bonds. The molecule has 0 spiro atoms. The quantitative estimate of drug-likeness (QED) is 0.772. The molecule has 1 aliphatic rings. The summed E-state index contributed by atoms with van der Waals surface area (Å²) in [4.78, 5) is 9.29. The Balaban J connectivity index is 1.66. The molecule has 6 heteroatoms. The molecule has 126 valence electrons. The Hall–Kier alpha value is -2.34. The maximum Gasteiger partial charge on any atom is 0.205 e. The van der Waals surface area contributed by atoms with Crippen LogP contribution < -0.4 is 10.6 Å². The smallest absolute Gasteiger partial charge is 0.205 e. The molecule has 0 aromatic carbocycles. The van der Waals surface area contributed by atoms with Gasteiger partial charge in [-0.1, -0.05) is 0 Å². The van der Waals surface area contributed by atoms with Crippen molar-refractivity contribution in [3.8, 4) is 0 Å². The van der Waals surface area contributed by atoms with Crippen LogP contribution in [0.1, 0.15) is 30.8 Å². The highest BCUT2D eigenvalue weighted by Crippen LogP contribution is 2.22. The van der Waals surface area contributed by atoms with E-state index in [1.165, 1.54) is 6.42 Å². The van der Waals surface area contributed by atoms with E-state index in [9.17, 15) is 0 Å². The minimum absolute atomic E-state index is 0.439. The number of aromatic nitrogens is 3. The van der Waals surface area contributed by atoms with Crippen LogP contribution in [-0.4, -0.2) is 33.7 Å². The lowest BCUT2D eigenvalue weighted by atomic mass is 10.1. The van der Waals surface area contributed by atoms with Crippen LogP contribution in [0.4, 0.5) is 5.95 Å². The van der Waals surface area contributed by atoms with Crippen LogP contribution in [0.2, 0.25) is 0 Å². The molecule has 1 saturated heterocycles. The number of rotatable bonds is 4. The zero-order valence-electron chi connectivity index (χ0n) is 14.0. The molecular formula is C18H23N5O. The highest BCUT2D eigenvalue weighted by Gasteiger charge is 2.18. The van der Waals surface area contributed by atoms with Gasteiger partial charge in [-0.3, -0.25) is 4.57 Å². The Morgan fingerprint density at radius 3 is 3.12 bits per heavy atom. The zero-order valence-corrected chi connectivity index (χ0v) is 14.0. The summed E-state index contributed by atoms with van der Waals surface area (Å²) in [6.45, 7) is 4.75. The number of hydrogen-bond donors (Lipinski definition) is 2. The standard InChI is InChI=1S/C18H23N5O/c1-13-6-7-15(24-13)12-23-17-16(5-3-10-20-17)22-18(23)21-14-4-2-9-19-11-8-14/h3,5-7,10,14,19H,2,4,8-9,11-12H2,1H3,(H,21,22). The zero-order chi connectivity index (χ0) is 16.4. The van der Waals surface area contributed by atoms with Gasteiger partial charge in [-0.2, -0.15) is 0 Å². The first-order chi connectivity index (χ1) is 11.8. The van der Waals surface area contributed by atoms with E-state index < -0.39 is 0 Å². The summed E-state index contributed by atoms with van der Waals surface area (Å²) in [7, 11) is 0. The average molecular weight is 325 g/mol. The largest absolute Gasteiger partial charge is 0.464 e. The van der Waals surface area contributed by atoms with E-state index in [2.05, 4.69) is 20.2 Å². The first-order valence-electron chi connectivity index (χ1n) is 8.63. The van der Waals surface area contributed by atoms with Crippen LogP contribution in [0.3, 0.4) is 0 Å². The summed E-state index contributed by atoms with van der Waals surface area (Å²) in [5, 5.41) is 7.09. The van der Waals surface area contributed by atoms with Crippen LogP contribution in [0, 0.1) is 6.92 Å². The number of pyridine rings is 1. The summed E-state index contributed by atoms with van der Waals surface area (Å²) >= 11 is 0. The molecule has 0 bridgehead atoms. The number of furan rings is 1. The van der Waals surface area contributed by atoms with Crippen LogP contribution >= 0.6 is 0 Å². The molecular weight excluding hydrogens is 302 g/mol. The van der Waals surface area contributed by atoms with Crippen LogP contribution in [0.5, 0.6) is 0 Å². The third kappa shape index (κ3) is 3.14. The summed E-state index contributed by atoms with van der Waals surface area (Å²) < 4.78 is 7.87. The van der Waals surface area contributed by atoms with Gasteiger partial charge in [0, 0.05) is 12.2 Å². The van der Waals surface area contributed by atoms with Gasteiger partial charge in [-0.05, 0) is 63.5 Å². The van der Waals surface area contributed by atoms with Crippen molar-refractivity contribution in [3.05, 3.63) is 42.0 Å². The van der Waals surface area contributed by atoms with E-state index >= 15 is 0 Å². The van der Waals surface area contributed by atoms with Crippen molar-refractivity contribution < 1.29 is 4.42 Å². The van der Waals surface area contributed by atoms with Crippen molar-refractivity contribution in [2.75, 3.05) is 18.4 Å². The molecule has 3 aromatic rings. The van der Waals surface area contributed by atoms with Gasteiger partial charge in [0.25, 0.3) is 0 Å². The van der Waals surface area contributed by atoms with Crippen molar-refractivity contribution in [1.29, 1.82) is 0 Å². The Morgan fingerprint density at radius 2 is 2.25 bits per heavy atom. The summed E-state index contributed by atoms with van der Waals surface area (Å²) in [5.74, 6) is 2.72. The Labute approximate surface area is 141 Å². The first kappa shape index (κ1) is 15.2. The van der Waals surface area contributed by atoms with Gasteiger partial charge in [0.2, 0.25) is 5.95 Å². The van der Waals surface area contributed by atoms with Crippen molar-refractivity contribution in [2.45, 2.75) is 38.8 Å². The lowest BCUT2D eigenvalue weighted by molar-refractivity contribution is 0.472. The summed E-state index contributed by atoms with van der Waals surface area (Å²) in [5.41, 5.74) is 1.80. The summed E-state index contributed by atoms with van der Waals surface area (Å²) in [6, 6.07) is 8.38. The normalized spacial score (nSPS) is 18.6. The molecule has 1 aliphatic heterocycles. The van der Waals surface area contributed by atoms with Crippen molar-refractivity contribution >= 4 is 17.1 Å². The van der Waals surface area contributed by atoms with Gasteiger partial charge in [0.15, 0.2) is 5.65 Å². The predicted molar refractivity (Wildman–Crippen MR) is 94.2 cm³/mol. The van der Waals surface area contributed by atoms with Crippen molar-refractivity contribution in [2.24, 2.45) is 0 Å². The molecule has 0 aliphatic carbocycles. The topological polar surface area (TPSA) is 67.9 Å². The molecule has 1 unspecified atom stereocenters. The van der Waals surface area contributed by atoms with E-state index in [-0.39, 0.29) is 0 Å². The lowest BCUT2D eigenvalue weighted by Gasteiger charge is -2.17. The van der Waals surface area contributed by atoms with Crippen molar-refractivity contribution in [3.63, 3.8) is 0 Å². The molecule has 0 radical (unpaired) electrons. The predicted octanol–water partition coefficient (Wildman–Crippen LogP) is 2.94. The SMILES string of the molecule is Cc1ccc(Cn2c(NC3CCCNCC3)nc3cccnc32)o1. The van der Waals surface area contributed by atoms with Gasteiger partial charge >= 0.3 is 0 Å². The van der Waals surface area contributed by atoms with Crippen LogP contribution in [0.25, 0.3) is 11.2 Å². The third-order valence-corrected chi connectivity index (χ3v) is 4.52. The number of nitrogens with zero attached hydrogens (tertiary/aromatic N) is 3. The second-order valence-electron chi connectivity index (χ2n) is 6.40. The van der Waals surface area contributed by atoms with Crippen molar-refractivity contribution in [1.82, 2.24) is 19.9 Å². The fraction of sp³-hybridized carbons (Fsp3) is 0.444. The van der Waals surface area contributed by atoms with Gasteiger partial charge < -0.3 is 15.1 Å². The van der Waals surface area contributed by atoms with Gasteiger partial charge in [0.1, 0.15) is 17.0 Å². The molecule has 4 rings (SSSR count). The number of hydrogen-bond acceptors (Lipinski definition) is 5. The van der Waals surface area contributed by atoms with Crippen LogP contribution in [-0.2, 0) is 6.54 Å². The van der Waals surface area contributed by atoms with E-state index in [0.29, 0.717) is 12.6 Å². The van der Waals surface area contributed by atoms with E-state index in [1.54, 1.807) is 0 Å². The number of fused-ring (bicyclic) bond motifs is 1. The molecule has 24 heavy (non-hydrogen) atoms. The second-order valence-corrected chi connectivity index (χ2v) is 6.40. The highest BCUT2D eigenvalue weighted by atomic mass is 16.3. The Bertz CT molecular complexity index is 814. The minimum atomic E-state index is 0.439. The average Bonchev–Trinajstić information content (AvgIpc) is 3.03. The highest BCUT2D eigenvalue weighted by molar-refractivity contribution is 5.74.